The van der Waals surface area contributed by atoms with Crippen LogP contribution in [-0.2, 0) is 9.36 Å². The fourth-order valence-electron chi connectivity index (χ4n) is 1.04. The minimum atomic E-state index is -4.40. The van der Waals surface area contributed by atoms with Crippen LogP contribution in [0.1, 0.15) is 13.8 Å². The Balaban J connectivity index is 4.72. The molecule has 0 aromatic heterocycles. The number of rotatable bonds is 6. The molecule has 0 aromatic rings. The highest BCUT2D eigenvalue weighted by molar-refractivity contribution is 7.52. The zero-order chi connectivity index (χ0) is 12.2. The molecule has 0 amide bonds. The van der Waals surface area contributed by atoms with Gasteiger partial charge in [0.2, 0.25) is 0 Å². The molecule has 0 aliphatic rings. The van der Waals surface area contributed by atoms with Crippen LogP contribution in [0.25, 0.3) is 0 Å². The number of carboxylic acids is 1. The topological polar surface area (TPSA) is 107 Å². The van der Waals surface area contributed by atoms with Crippen molar-refractivity contribution < 1.29 is 24.3 Å². The largest absolute Gasteiger partial charge is 0.480 e. The molecule has 0 rings (SSSR count). The molecule has 0 aromatic carbocycles. The van der Waals surface area contributed by atoms with E-state index in [-0.39, 0.29) is 5.92 Å². The number of hydrogen-bond donors (Lipinski definition) is 4. The van der Waals surface area contributed by atoms with Crippen molar-refractivity contribution in [3.8, 4) is 0 Å². The Bertz CT molecular complexity index is 285. The van der Waals surface area contributed by atoms with Gasteiger partial charge in [-0.05, 0) is 5.92 Å². The number of hydrogen-bond acceptors (Lipinski definition) is 3. The Morgan fingerprint density at radius 3 is 2.13 bits per heavy atom. The molecule has 0 heterocycles. The number of carboxylic acid groups (broad SMARTS) is 1. The van der Waals surface area contributed by atoms with E-state index in [0.717, 1.165) is 6.08 Å². The first-order valence-corrected chi connectivity index (χ1v) is 6.05. The van der Waals surface area contributed by atoms with E-state index in [0.29, 0.717) is 0 Å². The summed E-state index contributed by atoms with van der Waals surface area (Å²) < 4.78 is 10.9. The zero-order valence-electron chi connectivity index (χ0n) is 8.62. The standard InChI is InChI=1S/C8H16NO5P/c1-4-6(15(12,13)14)9-7(5(2)3)8(10)11/h4-7,9H,1H2,2-3H3,(H,10,11)(H2,12,13,14)/t6?,7-/m0/s1. The summed E-state index contributed by atoms with van der Waals surface area (Å²) in [5.74, 6) is -2.76. The highest BCUT2D eigenvalue weighted by atomic mass is 31.2. The van der Waals surface area contributed by atoms with Crippen LogP contribution in [0, 0.1) is 5.92 Å². The van der Waals surface area contributed by atoms with Crippen LogP contribution in [0.2, 0.25) is 0 Å². The quantitative estimate of drug-likeness (QED) is 0.393. The molecule has 7 heteroatoms. The molecule has 0 bridgehead atoms. The fourth-order valence-corrected chi connectivity index (χ4v) is 1.66. The molecule has 15 heavy (non-hydrogen) atoms. The summed E-state index contributed by atoms with van der Waals surface area (Å²) in [5, 5.41) is 11.2. The molecule has 1 unspecified atom stereocenters. The first-order chi connectivity index (χ1) is 6.70. The van der Waals surface area contributed by atoms with Gasteiger partial charge in [-0.3, -0.25) is 14.7 Å². The molecule has 4 N–H and O–H groups in total. The smallest absolute Gasteiger partial charge is 0.346 e. The van der Waals surface area contributed by atoms with Gasteiger partial charge in [0, 0.05) is 0 Å². The lowest BCUT2D eigenvalue weighted by molar-refractivity contribution is -0.140. The Labute approximate surface area is 88.2 Å². The van der Waals surface area contributed by atoms with Crippen molar-refractivity contribution in [3.05, 3.63) is 12.7 Å². The summed E-state index contributed by atoms with van der Waals surface area (Å²) in [6.45, 7) is 6.54. The first-order valence-electron chi connectivity index (χ1n) is 4.36. The van der Waals surface area contributed by atoms with Gasteiger partial charge in [-0.1, -0.05) is 19.9 Å². The Hall–Kier alpha value is -0.680. The minimum Gasteiger partial charge on any atom is -0.480 e. The SMILES string of the molecule is C=CC(N[C@H](C(=O)O)C(C)C)P(=O)(O)O. The van der Waals surface area contributed by atoms with Gasteiger partial charge >= 0.3 is 13.6 Å². The lowest BCUT2D eigenvalue weighted by Crippen LogP contribution is -2.45. The molecule has 0 saturated carbocycles. The van der Waals surface area contributed by atoms with Crippen LogP contribution in [-0.4, -0.2) is 32.7 Å². The third-order valence-electron chi connectivity index (χ3n) is 1.87. The van der Waals surface area contributed by atoms with Crippen molar-refractivity contribution in [1.82, 2.24) is 5.32 Å². The highest BCUT2D eigenvalue weighted by Gasteiger charge is 2.32. The van der Waals surface area contributed by atoms with Crippen molar-refractivity contribution in [2.75, 3.05) is 0 Å². The average molecular weight is 237 g/mol. The molecule has 0 radical (unpaired) electrons. The van der Waals surface area contributed by atoms with Gasteiger partial charge in [0.15, 0.2) is 0 Å². The second kappa shape index (κ2) is 5.42. The maximum atomic E-state index is 10.9. The van der Waals surface area contributed by atoms with Crippen LogP contribution in [0.5, 0.6) is 0 Å². The fraction of sp³-hybridized carbons (Fsp3) is 0.625. The number of nitrogens with one attached hydrogen (secondary N) is 1. The number of carbonyl (C=O) groups is 1. The molecule has 0 aliphatic heterocycles. The van der Waals surface area contributed by atoms with Crippen LogP contribution in [0.15, 0.2) is 12.7 Å². The molecular weight excluding hydrogens is 221 g/mol. The van der Waals surface area contributed by atoms with Crippen molar-refractivity contribution in [2.45, 2.75) is 25.7 Å². The van der Waals surface area contributed by atoms with Gasteiger partial charge in [0.05, 0.1) is 0 Å². The lowest BCUT2D eigenvalue weighted by Gasteiger charge is -2.23. The second-order valence-corrected chi connectivity index (χ2v) is 5.23. The van der Waals surface area contributed by atoms with Crippen molar-refractivity contribution >= 4 is 13.6 Å². The van der Waals surface area contributed by atoms with E-state index in [1.54, 1.807) is 13.8 Å². The van der Waals surface area contributed by atoms with Crippen molar-refractivity contribution in [2.24, 2.45) is 5.92 Å². The van der Waals surface area contributed by atoms with E-state index in [1.807, 2.05) is 0 Å². The summed E-state index contributed by atoms with van der Waals surface area (Å²) >= 11 is 0. The summed E-state index contributed by atoms with van der Waals surface area (Å²) in [6.07, 6.45) is 1.01. The molecule has 6 nitrogen and oxygen atoms in total. The molecule has 0 aliphatic carbocycles. The van der Waals surface area contributed by atoms with Gasteiger partial charge in [-0.15, -0.1) is 6.58 Å². The van der Waals surface area contributed by atoms with Gasteiger partial charge in [-0.25, -0.2) is 0 Å². The first kappa shape index (κ1) is 14.3. The van der Waals surface area contributed by atoms with Crippen LogP contribution in [0.3, 0.4) is 0 Å². The summed E-state index contributed by atoms with van der Waals surface area (Å²) in [7, 11) is -4.40. The van der Waals surface area contributed by atoms with Crippen molar-refractivity contribution in [1.29, 1.82) is 0 Å². The molecule has 0 spiro atoms. The maximum absolute atomic E-state index is 10.9. The van der Waals surface area contributed by atoms with E-state index in [4.69, 9.17) is 14.9 Å². The van der Waals surface area contributed by atoms with Crippen LogP contribution < -0.4 is 5.32 Å². The Morgan fingerprint density at radius 2 is 1.93 bits per heavy atom. The normalized spacial score (nSPS) is 16.1. The van der Waals surface area contributed by atoms with Gasteiger partial charge in [0.25, 0.3) is 0 Å². The van der Waals surface area contributed by atoms with Gasteiger partial charge in [-0.2, -0.15) is 0 Å². The van der Waals surface area contributed by atoms with E-state index in [2.05, 4.69) is 11.9 Å². The molecule has 0 fully saturated rings. The number of aliphatic carboxylic acids is 1. The maximum Gasteiger partial charge on any atom is 0.346 e. The minimum absolute atomic E-state index is 0.281. The van der Waals surface area contributed by atoms with Crippen LogP contribution >= 0.6 is 7.60 Å². The summed E-state index contributed by atoms with van der Waals surface area (Å²) in [6, 6.07) is -1.01. The van der Waals surface area contributed by atoms with Crippen LogP contribution in [0.4, 0.5) is 0 Å². The monoisotopic (exact) mass is 237 g/mol. The third kappa shape index (κ3) is 4.57. The zero-order valence-corrected chi connectivity index (χ0v) is 9.52. The summed E-state index contributed by atoms with van der Waals surface area (Å²) in [5.41, 5.74) is 0. The average Bonchev–Trinajstić information content (AvgIpc) is 2.01. The van der Waals surface area contributed by atoms with Gasteiger partial charge in [0.1, 0.15) is 11.8 Å². The lowest BCUT2D eigenvalue weighted by atomic mass is 10.1. The molecular formula is C8H16NO5P. The predicted octanol–water partition coefficient (Wildman–Crippen LogP) is 0.375. The third-order valence-corrected chi connectivity index (χ3v) is 2.95. The summed E-state index contributed by atoms with van der Waals surface area (Å²) in [4.78, 5) is 28.5. The molecule has 88 valence electrons. The van der Waals surface area contributed by atoms with E-state index in [1.165, 1.54) is 0 Å². The Kier molecular flexibility index (Phi) is 5.17. The van der Waals surface area contributed by atoms with E-state index >= 15 is 0 Å². The van der Waals surface area contributed by atoms with Gasteiger partial charge < -0.3 is 14.9 Å². The van der Waals surface area contributed by atoms with E-state index < -0.39 is 25.4 Å². The predicted molar refractivity (Wildman–Crippen MR) is 55.4 cm³/mol. The Morgan fingerprint density at radius 1 is 1.47 bits per heavy atom. The highest BCUT2D eigenvalue weighted by Crippen LogP contribution is 2.40. The molecule has 0 saturated heterocycles. The second-order valence-electron chi connectivity index (χ2n) is 3.50. The van der Waals surface area contributed by atoms with Crippen molar-refractivity contribution in [3.63, 3.8) is 0 Å². The molecule has 2 atom stereocenters. The van der Waals surface area contributed by atoms with E-state index in [9.17, 15) is 9.36 Å².